The van der Waals surface area contributed by atoms with Crippen LogP contribution in [0.5, 0.6) is 0 Å². The molecule has 1 N–H and O–H groups in total. The molecule has 0 aromatic heterocycles. The maximum Gasteiger partial charge on any atom is 0.127 e. The summed E-state index contributed by atoms with van der Waals surface area (Å²) in [4.78, 5) is 0. The summed E-state index contributed by atoms with van der Waals surface area (Å²) in [6, 6.07) is 15.5. The highest BCUT2D eigenvalue weighted by atomic mass is 127. The van der Waals surface area contributed by atoms with Gasteiger partial charge < -0.3 is 5.32 Å². The van der Waals surface area contributed by atoms with E-state index in [2.05, 4.69) is 59.1 Å². The molecular weight excluding hydrogens is 352 g/mol. The quantitative estimate of drug-likeness (QED) is 0.761. The zero-order valence-corrected chi connectivity index (χ0v) is 13.2. The second-order valence-corrected chi connectivity index (χ2v) is 5.93. The van der Waals surface area contributed by atoms with Crippen molar-refractivity contribution in [3.63, 3.8) is 0 Å². The summed E-state index contributed by atoms with van der Waals surface area (Å²) in [5.41, 5.74) is 1.92. The molecule has 0 spiro atoms. The van der Waals surface area contributed by atoms with Gasteiger partial charge in [-0.05, 0) is 60.2 Å². The van der Waals surface area contributed by atoms with E-state index in [0.29, 0.717) is 5.56 Å². The first-order valence-electron chi connectivity index (χ1n) is 6.34. The van der Waals surface area contributed by atoms with Crippen LogP contribution in [0, 0.1) is 9.39 Å². The lowest BCUT2D eigenvalue weighted by molar-refractivity contribution is 0.474. The van der Waals surface area contributed by atoms with Gasteiger partial charge in [0, 0.05) is 21.2 Å². The van der Waals surface area contributed by atoms with Crippen molar-refractivity contribution in [3.8, 4) is 0 Å². The lowest BCUT2D eigenvalue weighted by Crippen LogP contribution is -2.23. The van der Waals surface area contributed by atoms with Crippen LogP contribution in [0.4, 0.5) is 4.39 Å². The van der Waals surface area contributed by atoms with Crippen LogP contribution in [0.2, 0.25) is 0 Å². The zero-order valence-electron chi connectivity index (χ0n) is 11.0. The van der Waals surface area contributed by atoms with Gasteiger partial charge in [0.05, 0.1) is 0 Å². The van der Waals surface area contributed by atoms with Crippen LogP contribution in [-0.2, 0) is 0 Å². The summed E-state index contributed by atoms with van der Waals surface area (Å²) in [6.45, 7) is 4.08. The Morgan fingerprint density at radius 1 is 0.947 bits per heavy atom. The third kappa shape index (κ3) is 3.76. The maximum absolute atomic E-state index is 13.7. The van der Waals surface area contributed by atoms with Crippen molar-refractivity contribution >= 4 is 22.6 Å². The van der Waals surface area contributed by atoms with Crippen LogP contribution >= 0.6 is 22.6 Å². The molecule has 0 radical (unpaired) electrons. The van der Waals surface area contributed by atoms with Crippen molar-refractivity contribution in [1.82, 2.24) is 5.32 Å². The monoisotopic (exact) mass is 369 g/mol. The molecule has 100 valence electrons. The first kappa shape index (κ1) is 14.5. The molecule has 0 aliphatic carbocycles. The average molecular weight is 369 g/mol. The molecule has 2 aromatic rings. The van der Waals surface area contributed by atoms with Gasteiger partial charge in [-0.1, -0.05) is 30.3 Å². The zero-order chi connectivity index (χ0) is 13.8. The van der Waals surface area contributed by atoms with Gasteiger partial charge in [-0.25, -0.2) is 4.39 Å². The molecular formula is C16H17FIN. The van der Waals surface area contributed by atoms with E-state index >= 15 is 0 Å². The maximum atomic E-state index is 13.7. The van der Waals surface area contributed by atoms with Crippen LogP contribution < -0.4 is 5.32 Å². The Morgan fingerprint density at radius 2 is 1.58 bits per heavy atom. The molecule has 0 amide bonds. The Hall–Kier alpha value is -0.940. The third-order valence-corrected chi connectivity index (χ3v) is 3.96. The van der Waals surface area contributed by atoms with E-state index in [1.807, 2.05) is 19.1 Å². The highest BCUT2D eigenvalue weighted by molar-refractivity contribution is 14.1. The smallest absolute Gasteiger partial charge is 0.127 e. The van der Waals surface area contributed by atoms with Crippen molar-refractivity contribution < 1.29 is 4.39 Å². The Morgan fingerprint density at radius 3 is 2.21 bits per heavy atom. The van der Waals surface area contributed by atoms with Crippen molar-refractivity contribution in [1.29, 1.82) is 0 Å². The van der Waals surface area contributed by atoms with E-state index in [-0.39, 0.29) is 17.9 Å². The molecule has 19 heavy (non-hydrogen) atoms. The van der Waals surface area contributed by atoms with E-state index in [1.165, 1.54) is 15.2 Å². The first-order chi connectivity index (χ1) is 9.08. The van der Waals surface area contributed by atoms with E-state index < -0.39 is 0 Å². The summed E-state index contributed by atoms with van der Waals surface area (Å²) in [5.74, 6) is -0.155. The summed E-state index contributed by atoms with van der Waals surface area (Å²) in [6.07, 6.45) is 0. The summed E-state index contributed by atoms with van der Waals surface area (Å²) < 4.78 is 14.9. The topological polar surface area (TPSA) is 12.0 Å². The molecule has 0 heterocycles. The molecule has 2 rings (SSSR count). The standard InChI is InChI=1S/C16H17FIN/c1-11(13-7-9-14(18)10-8-13)19-12(2)15-5-3-4-6-16(15)17/h3-12,19H,1-2H3. The van der Waals surface area contributed by atoms with Crippen molar-refractivity contribution in [3.05, 3.63) is 69.0 Å². The Kier molecular flexibility index (Phi) is 4.93. The number of nitrogens with one attached hydrogen (secondary N) is 1. The fourth-order valence-electron chi connectivity index (χ4n) is 2.14. The van der Waals surface area contributed by atoms with Crippen molar-refractivity contribution in [2.75, 3.05) is 0 Å². The van der Waals surface area contributed by atoms with E-state index in [9.17, 15) is 4.39 Å². The average Bonchev–Trinajstić information content (AvgIpc) is 2.39. The van der Waals surface area contributed by atoms with Gasteiger partial charge in [0.25, 0.3) is 0 Å². The van der Waals surface area contributed by atoms with Crippen LogP contribution in [0.1, 0.15) is 37.1 Å². The summed E-state index contributed by atoms with van der Waals surface area (Å²) in [7, 11) is 0. The third-order valence-electron chi connectivity index (χ3n) is 3.24. The number of benzene rings is 2. The number of halogens is 2. The molecule has 0 saturated carbocycles. The highest BCUT2D eigenvalue weighted by Gasteiger charge is 2.13. The number of hydrogen-bond acceptors (Lipinski definition) is 1. The van der Waals surface area contributed by atoms with E-state index in [1.54, 1.807) is 6.07 Å². The normalized spacial score (nSPS) is 14.1. The van der Waals surface area contributed by atoms with Gasteiger partial charge in [0.1, 0.15) is 5.82 Å². The number of rotatable bonds is 4. The van der Waals surface area contributed by atoms with Crippen LogP contribution in [0.3, 0.4) is 0 Å². The fraction of sp³-hybridized carbons (Fsp3) is 0.250. The van der Waals surface area contributed by atoms with Gasteiger partial charge in [-0.15, -0.1) is 0 Å². The molecule has 2 unspecified atom stereocenters. The van der Waals surface area contributed by atoms with Gasteiger partial charge in [0.2, 0.25) is 0 Å². The largest absolute Gasteiger partial charge is 0.304 e. The lowest BCUT2D eigenvalue weighted by atomic mass is 10.0. The van der Waals surface area contributed by atoms with Gasteiger partial charge in [-0.2, -0.15) is 0 Å². The molecule has 3 heteroatoms. The molecule has 0 fully saturated rings. The molecule has 0 saturated heterocycles. The predicted octanol–water partition coefficient (Wildman–Crippen LogP) is 4.84. The molecule has 0 aliphatic heterocycles. The number of hydrogen-bond donors (Lipinski definition) is 1. The summed E-state index contributed by atoms with van der Waals surface area (Å²) in [5, 5.41) is 3.43. The molecule has 0 aliphatic rings. The second-order valence-electron chi connectivity index (χ2n) is 4.68. The minimum absolute atomic E-state index is 0.0181. The van der Waals surface area contributed by atoms with Gasteiger partial charge in [0.15, 0.2) is 0 Å². The Balaban J connectivity index is 2.08. The summed E-state index contributed by atoms with van der Waals surface area (Å²) >= 11 is 2.29. The van der Waals surface area contributed by atoms with E-state index in [4.69, 9.17) is 0 Å². The van der Waals surface area contributed by atoms with Crippen LogP contribution in [-0.4, -0.2) is 0 Å². The lowest BCUT2D eigenvalue weighted by Gasteiger charge is -2.21. The molecule has 2 aromatic carbocycles. The fourth-order valence-corrected chi connectivity index (χ4v) is 2.50. The predicted molar refractivity (Wildman–Crippen MR) is 85.5 cm³/mol. The van der Waals surface area contributed by atoms with Crippen LogP contribution in [0.15, 0.2) is 48.5 Å². The highest BCUT2D eigenvalue weighted by Crippen LogP contribution is 2.21. The van der Waals surface area contributed by atoms with Crippen molar-refractivity contribution in [2.24, 2.45) is 0 Å². The minimum atomic E-state index is -0.155. The molecule has 0 bridgehead atoms. The van der Waals surface area contributed by atoms with E-state index in [0.717, 1.165) is 0 Å². The Bertz CT molecular complexity index is 539. The van der Waals surface area contributed by atoms with Crippen molar-refractivity contribution in [2.45, 2.75) is 25.9 Å². The Labute approximate surface area is 127 Å². The van der Waals surface area contributed by atoms with Crippen LogP contribution in [0.25, 0.3) is 0 Å². The SMILES string of the molecule is CC(NC(C)c1ccccc1F)c1ccc(I)cc1. The van der Waals surface area contributed by atoms with Gasteiger partial charge >= 0.3 is 0 Å². The molecule has 2 atom stereocenters. The molecule has 1 nitrogen and oxygen atoms in total. The first-order valence-corrected chi connectivity index (χ1v) is 7.41. The second kappa shape index (κ2) is 6.48. The van der Waals surface area contributed by atoms with Gasteiger partial charge in [-0.3, -0.25) is 0 Å². The minimum Gasteiger partial charge on any atom is -0.304 e.